The zero-order valence-electron chi connectivity index (χ0n) is 9.72. The van der Waals surface area contributed by atoms with Gasteiger partial charge >= 0.3 is 4.87 Å². The summed E-state index contributed by atoms with van der Waals surface area (Å²) >= 11 is 0.904. The van der Waals surface area contributed by atoms with Crippen molar-refractivity contribution in [3.8, 4) is 5.69 Å². The number of hydrogen-bond acceptors (Lipinski definition) is 6. The van der Waals surface area contributed by atoms with Crippen molar-refractivity contribution in [1.29, 1.82) is 0 Å². The van der Waals surface area contributed by atoms with Gasteiger partial charge in [-0.1, -0.05) is 0 Å². The first-order valence-corrected chi connectivity index (χ1v) is 6.28. The lowest BCUT2D eigenvalue weighted by Crippen LogP contribution is -2.13. The van der Waals surface area contributed by atoms with Gasteiger partial charge in [-0.2, -0.15) is 4.37 Å². The normalized spacial score (nSPS) is 10.3. The van der Waals surface area contributed by atoms with E-state index in [0.717, 1.165) is 22.9 Å². The molecule has 7 heteroatoms. The van der Waals surface area contributed by atoms with E-state index in [1.54, 1.807) is 49.1 Å². The van der Waals surface area contributed by atoms with E-state index in [1.807, 2.05) is 0 Å². The number of pyridine rings is 2. The van der Waals surface area contributed by atoms with E-state index in [-0.39, 0.29) is 4.87 Å². The standard InChI is InChI=1S/C12H9N5OS/c18-12-17(10-3-7-14-8-4-10)11(16-19-12)15-9-1-5-13-6-2-9/h1-8H,(H,13,15,16). The maximum absolute atomic E-state index is 11.9. The molecule has 6 nitrogen and oxygen atoms in total. The van der Waals surface area contributed by atoms with E-state index in [4.69, 9.17) is 0 Å². The van der Waals surface area contributed by atoms with E-state index in [0.29, 0.717) is 5.95 Å². The molecular weight excluding hydrogens is 262 g/mol. The summed E-state index contributed by atoms with van der Waals surface area (Å²) in [6.45, 7) is 0. The van der Waals surface area contributed by atoms with Crippen molar-refractivity contribution < 1.29 is 0 Å². The number of nitrogens with one attached hydrogen (secondary N) is 1. The minimum absolute atomic E-state index is 0.150. The van der Waals surface area contributed by atoms with E-state index in [9.17, 15) is 4.79 Å². The van der Waals surface area contributed by atoms with E-state index >= 15 is 0 Å². The van der Waals surface area contributed by atoms with Crippen LogP contribution in [-0.4, -0.2) is 18.9 Å². The van der Waals surface area contributed by atoms with Gasteiger partial charge in [-0.3, -0.25) is 14.8 Å². The second kappa shape index (κ2) is 4.99. The molecule has 0 aromatic carbocycles. The summed E-state index contributed by atoms with van der Waals surface area (Å²) in [5, 5.41) is 3.09. The molecule has 3 aromatic heterocycles. The van der Waals surface area contributed by atoms with Crippen LogP contribution in [0.2, 0.25) is 0 Å². The number of hydrogen-bond donors (Lipinski definition) is 1. The highest BCUT2D eigenvalue weighted by Gasteiger charge is 2.10. The Bertz CT molecular complexity index is 723. The van der Waals surface area contributed by atoms with Crippen LogP contribution in [-0.2, 0) is 0 Å². The van der Waals surface area contributed by atoms with Crippen LogP contribution >= 0.6 is 11.5 Å². The second-order valence-corrected chi connectivity index (χ2v) is 4.39. The maximum Gasteiger partial charge on any atom is 0.332 e. The third-order valence-electron chi connectivity index (χ3n) is 2.46. The molecule has 0 aliphatic carbocycles. The van der Waals surface area contributed by atoms with Crippen molar-refractivity contribution in [3.05, 3.63) is 58.7 Å². The van der Waals surface area contributed by atoms with Gasteiger partial charge in [0.15, 0.2) is 0 Å². The Morgan fingerprint density at radius 2 is 1.63 bits per heavy atom. The van der Waals surface area contributed by atoms with Gasteiger partial charge in [0.25, 0.3) is 0 Å². The first-order valence-electron chi connectivity index (χ1n) is 5.51. The highest BCUT2D eigenvalue weighted by molar-refractivity contribution is 7.03. The summed E-state index contributed by atoms with van der Waals surface area (Å²) in [6, 6.07) is 7.13. The van der Waals surface area contributed by atoms with Crippen LogP contribution in [0.3, 0.4) is 0 Å². The molecule has 0 unspecified atom stereocenters. The Kier molecular flexibility index (Phi) is 3.03. The minimum atomic E-state index is -0.150. The quantitative estimate of drug-likeness (QED) is 0.786. The zero-order chi connectivity index (χ0) is 13.1. The molecule has 0 atom stereocenters. The van der Waals surface area contributed by atoms with E-state index < -0.39 is 0 Å². The van der Waals surface area contributed by atoms with Crippen LogP contribution in [0.1, 0.15) is 0 Å². The molecule has 0 amide bonds. The van der Waals surface area contributed by atoms with Crippen LogP contribution in [0.25, 0.3) is 5.69 Å². The monoisotopic (exact) mass is 271 g/mol. The lowest BCUT2D eigenvalue weighted by molar-refractivity contribution is 1.02. The zero-order valence-corrected chi connectivity index (χ0v) is 10.5. The Labute approximate surface area is 112 Å². The fourth-order valence-electron chi connectivity index (χ4n) is 1.61. The molecule has 0 radical (unpaired) electrons. The van der Waals surface area contributed by atoms with Gasteiger partial charge in [0.2, 0.25) is 5.95 Å². The minimum Gasteiger partial charge on any atom is -0.324 e. The molecule has 0 bridgehead atoms. The van der Waals surface area contributed by atoms with Gasteiger partial charge in [0.05, 0.1) is 5.69 Å². The summed E-state index contributed by atoms with van der Waals surface area (Å²) < 4.78 is 5.63. The number of anilines is 2. The van der Waals surface area contributed by atoms with Gasteiger partial charge < -0.3 is 5.32 Å². The lowest BCUT2D eigenvalue weighted by atomic mass is 10.4. The van der Waals surface area contributed by atoms with Crippen molar-refractivity contribution in [2.45, 2.75) is 0 Å². The first kappa shape index (κ1) is 11.5. The maximum atomic E-state index is 11.9. The van der Waals surface area contributed by atoms with E-state index in [2.05, 4.69) is 19.7 Å². The molecule has 94 valence electrons. The molecule has 0 fully saturated rings. The molecule has 19 heavy (non-hydrogen) atoms. The van der Waals surface area contributed by atoms with Crippen LogP contribution in [0.4, 0.5) is 11.6 Å². The van der Waals surface area contributed by atoms with Crippen molar-refractivity contribution in [3.63, 3.8) is 0 Å². The highest BCUT2D eigenvalue weighted by Crippen LogP contribution is 2.16. The third-order valence-corrected chi connectivity index (χ3v) is 3.06. The van der Waals surface area contributed by atoms with Crippen molar-refractivity contribution >= 4 is 23.2 Å². The number of aromatic nitrogens is 4. The first-order chi connectivity index (χ1) is 9.34. The third kappa shape index (κ3) is 2.36. The smallest absolute Gasteiger partial charge is 0.324 e. The van der Waals surface area contributed by atoms with E-state index in [1.165, 1.54) is 4.57 Å². The summed E-state index contributed by atoms with van der Waals surface area (Å²) in [5.74, 6) is 0.479. The second-order valence-electron chi connectivity index (χ2n) is 3.67. The van der Waals surface area contributed by atoms with Gasteiger partial charge in [0, 0.05) is 42.0 Å². The van der Waals surface area contributed by atoms with Gasteiger partial charge in [0.1, 0.15) is 0 Å². The average molecular weight is 271 g/mol. The summed E-state index contributed by atoms with van der Waals surface area (Å²) in [5.41, 5.74) is 1.55. The molecule has 0 aliphatic rings. The molecule has 3 aromatic rings. The predicted octanol–water partition coefficient (Wildman–Crippen LogP) is 1.83. The number of rotatable bonds is 3. The van der Waals surface area contributed by atoms with Gasteiger partial charge in [-0.05, 0) is 24.3 Å². The SMILES string of the molecule is O=c1snc(Nc2ccncc2)n1-c1ccncc1. The topological polar surface area (TPSA) is 72.7 Å². The van der Waals surface area contributed by atoms with Gasteiger partial charge in [-0.15, -0.1) is 0 Å². The molecule has 0 saturated heterocycles. The lowest BCUT2D eigenvalue weighted by Gasteiger charge is -2.07. The molecule has 0 aliphatic heterocycles. The highest BCUT2D eigenvalue weighted by atomic mass is 32.1. The largest absolute Gasteiger partial charge is 0.332 e. The molecule has 0 spiro atoms. The Hall–Kier alpha value is -2.54. The van der Waals surface area contributed by atoms with Crippen LogP contribution < -0.4 is 10.2 Å². The summed E-state index contributed by atoms with van der Waals surface area (Å²) in [6.07, 6.45) is 6.61. The Morgan fingerprint density at radius 3 is 2.32 bits per heavy atom. The van der Waals surface area contributed by atoms with Crippen LogP contribution in [0.5, 0.6) is 0 Å². The average Bonchev–Trinajstić information content (AvgIpc) is 2.82. The fourth-order valence-corrected chi connectivity index (χ4v) is 2.18. The molecule has 0 saturated carbocycles. The molecular formula is C12H9N5OS. The predicted molar refractivity (Wildman–Crippen MR) is 73.0 cm³/mol. The van der Waals surface area contributed by atoms with Crippen molar-refractivity contribution in [2.75, 3.05) is 5.32 Å². The molecule has 3 heterocycles. The summed E-state index contributed by atoms with van der Waals surface area (Å²) in [4.78, 5) is 19.6. The van der Waals surface area contributed by atoms with Crippen molar-refractivity contribution in [2.24, 2.45) is 0 Å². The molecule has 3 rings (SSSR count). The number of nitrogens with zero attached hydrogens (tertiary/aromatic N) is 4. The van der Waals surface area contributed by atoms with Crippen LogP contribution in [0.15, 0.2) is 53.8 Å². The van der Waals surface area contributed by atoms with Crippen molar-refractivity contribution in [1.82, 2.24) is 18.9 Å². The molecule has 1 N–H and O–H groups in total. The Balaban J connectivity index is 2.03. The fraction of sp³-hybridized carbons (Fsp3) is 0. The summed E-state index contributed by atoms with van der Waals surface area (Å²) in [7, 11) is 0. The van der Waals surface area contributed by atoms with Gasteiger partial charge in [-0.25, -0.2) is 4.57 Å². The van der Waals surface area contributed by atoms with Crippen LogP contribution in [0, 0.1) is 0 Å². The Morgan fingerprint density at radius 1 is 1.00 bits per heavy atom.